The molecule has 3 amide bonds. The third kappa shape index (κ3) is 7.38. The summed E-state index contributed by atoms with van der Waals surface area (Å²) in [5, 5.41) is 13.9. The Kier molecular flexibility index (Phi) is 11.7. The largest absolute Gasteiger partial charge is 0.455 e. The Morgan fingerprint density at radius 1 is 1.00 bits per heavy atom. The smallest absolute Gasteiger partial charge is 0.313 e. The van der Waals surface area contributed by atoms with Crippen LogP contribution in [-0.2, 0) is 39.8 Å². The van der Waals surface area contributed by atoms with Crippen molar-refractivity contribution < 1.29 is 38.5 Å². The number of nitrogens with one attached hydrogen (secondary N) is 1. The van der Waals surface area contributed by atoms with E-state index >= 15 is 0 Å². The first-order valence-electron chi connectivity index (χ1n) is 18.1. The fourth-order valence-corrected chi connectivity index (χ4v) is 8.13. The van der Waals surface area contributed by atoms with Crippen LogP contribution in [0.2, 0.25) is 0 Å². The predicted octanol–water partition coefficient (Wildman–Crippen LogP) is 3.53. The van der Waals surface area contributed by atoms with E-state index in [4.69, 9.17) is 14.2 Å². The van der Waals surface area contributed by atoms with Crippen LogP contribution in [0.3, 0.4) is 0 Å². The molecule has 2 saturated heterocycles. The molecule has 51 heavy (non-hydrogen) atoms. The van der Waals surface area contributed by atoms with Crippen molar-refractivity contribution in [3.8, 4) is 0 Å². The number of carbonyl (C=O) groups excluding carboxylic acids is 4. The number of aliphatic hydroxyl groups excluding tert-OH is 1. The van der Waals surface area contributed by atoms with Gasteiger partial charge in [-0.25, -0.2) is 0 Å². The summed E-state index contributed by atoms with van der Waals surface area (Å²) in [6.07, 6.45) is 9.13. The van der Waals surface area contributed by atoms with E-state index in [1.54, 1.807) is 17.1 Å². The number of hydrogen-bond donors (Lipinski definition) is 2. The Morgan fingerprint density at radius 3 is 2.45 bits per heavy atom. The molecule has 1 spiro atoms. The molecule has 11 heteroatoms. The number of esters is 1. The van der Waals surface area contributed by atoms with E-state index in [0.717, 1.165) is 24.8 Å². The van der Waals surface area contributed by atoms with E-state index in [2.05, 4.69) is 12.2 Å². The summed E-state index contributed by atoms with van der Waals surface area (Å²) >= 11 is 0. The third-order valence-electron chi connectivity index (χ3n) is 10.5. The molecule has 4 heterocycles. The van der Waals surface area contributed by atoms with Crippen molar-refractivity contribution in [2.75, 3.05) is 33.4 Å². The maximum Gasteiger partial charge on any atom is 0.313 e. The second-order valence-electron chi connectivity index (χ2n) is 13.9. The van der Waals surface area contributed by atoms with Gasteiger partial charge in [-0.2, -0.15) is 0 Å². The van der Waals surface area contributed by atoms with Gasteiger partial charge in [0, 0.05) is 26.6 Å². The number of benzene rings is 2. The first-order valence-corrected chi connectivity index (χ1v) is 18.1. The van der Waals surface area contributed by atoms with Crippen molar-refractivity contribution in [2.24, 2.45) is 11.8 Å². The van der Waals surface area contributed by atoms with Crippen molar-refractivity contribution >= 4 is 23.7 Å². The first kappa shape index (κ1) is 36.5. The zero-order chi connectivity index (χ0) is 36.0. The summed E-state index contributed by atoms with van der Waals surface area (Å²) < 4.78 is 18.4. The molecule has 0 radical (unpaired) electrons. The maximum atomic E-state index is 14.9. The number of hydrogen-bond acceptors (Lipinski definition) is 8. The predicted molar refractivity (Wildman–Crippen MR) is 189 cm³/mol. The van der Waals surface area contributed by atoms with Crippen LogP contribution >= 0.6 is 0 Å². The molecule has 4 aliphatic rings. The highest BCUT2D eigenvalue weighted by atomic mass is 16.6. The molecule has 0 unspecified atom stereocenters. The van der Waals surface area contributed by atoms with E-state index < -0.39 is 59.6 Å². The van der Waals surface area contributed by atoms with E-state index in [1.165, 1.54) is 12.0 Å². The molecule has 5 bridgehead atoms. The topological polar surface area (TPSA) is 135 Å². The standard InChI is InChI=1S/C40H49N3O8/c1-3-4-13-22-42-23-14-7-12-19-32(45)41-30(26-49-2)35(28-17-10-6-11-18-28)50-39(48)33-31-20-21-40(51-31)34(33)37(46)43(36(40)38(42)47)29(25-44)24-27-15-8-5-9-16-27/h5-11,14-18,20-21,29-31,33-36,44H,3-4,12-13,19,22-26H2,1-2H3,(H,41,45)/b14-7-/t29-,30+,31-,33+,34+,35+,36-,40+/m1/s1. The summed E-state index contributed by atoms with van der Waals surface area (Å²) in [6.45, 7) is 2.50. The van der Waals surface area contributed by atoms with E-state index in [9.17, 15) is 24.3 Å². The number of methoxy groups -OCH3 is 1. The quantitative estimate of drug-likeness (QED) is 0.207. The van der Waals surface area contributed by atoms with Gasteiger partial charge >= 0.3 is 5.97 Å². The number of unbranched alkanes of at least 4 members (excludes halogenated alkanes) is 2. The minimum Gasteiger partial charge on any atom is -0.455 e. The van der Waals surface area contributed by atoms with Gasteiger partial charge in [0.25, 0.3) is 0 Å². The fourth-order valence-electron chi connectivity index (χ4n) is 8.13. The molecule has 0 saturated carbocycles. The number of carbonyl (C=O) groups is 4. The van der Waals surface area contributed by atoms with Gasteiger partial charge in [0.1, 0.15) is 23.7 Å². The molecule has 0 aromatic heterocycles. The maximum absolute atomic E-state index is 14.9. The lowest BCUT2D eigenvalue weighted by Gasteiger charge is -2.39. The Morgan fingerprint density at radius 2 is 1.75 bits per heavy atom. The van der Waals surface area contributed by atoms with Crippen molar-refractivity contribution in [2.45, 2.75) is 81.4 Å². The second kappa shape index (κ2) is 16.4. The summed E-state index contributed by atoms with van der Waals surface area (Å²) in [5.41, 5.74) is 0.116. The van der Waals surface area contributed by atoms with Gasteiger partial charge in [-0.15, -0.1) is 0 Å². The average Bonchev–Trinajstić information content (AvgIpc) is 3.79. The molecule has 2 aromatic carbocycles. The first-order chi connectivity index (χ1) is 24.8. The van der Waals surface area contributed by atoms with Gasteiger partial charge in [0.2, 0.25) is 17.7 Å². The van der Waals surface area contributed by atoms with Crippen LogP contribution < -0.4 is 5.32 Å². The summed E-state index contributed by atoms with van der Waals surface area (Å²) in [6, 6.07) is 16.1. The Balaban J connectivity index is 1.44. The number of allylic oxidation sites excluding steroid dienone is 1. The van der Waals surface area contributed by atoms with Crippen LogP contribution in [-0.4, -0.2) is 102 Å². The Labute approximate surface area is 299 Å². The van der Waals surface area contributed by atoms with Crippen molar-refractivity contribution in [1.29, 1.82) is 0 Å². The van der Waals surface area contributed by atoms with Crippen molar-refractivity contribution in [3.05, 3.63) is 96.1 Å². The SMILES string of the molecule is CCCCCN1C/C=C\CCC(=O)N[C@@H](COC)[C@H](c2ccccc2)OC(=O)[C@@H]2[C@H]3C(=O)N([C@@H](CO)Cc4ccccc4)[C@H](C1=O)[C@]31C=C[C@H]2O1. The highest BCUT2D eigenvalue weighted by Crippen LogP contribution is 2.56. The van der Waals surface area contributed by atoms with Gasteiger partial charge in [-0.1, -0.05) is 105 Å². The molecule has 2 aromatic rings. The number of likely N-dealkylation sites (tertiary alicyclic amines) is 1. The minimum atomic E-state index is -1.43. The highest BCUT2D eigenvalue weighted by molar-refractivity contribution is 5.99. The summed E-state index contributed by atoms with van der Waals surface area (Å²) in [7, 11) is 1.52. The molecule has 272 valence electrons. The van der Waals surface area contributed by atoms with E-state index in [-0.39, 0.29) is 38.0 Å². The molecule has 8 atom stereocenters. The van der Waals surface area contributed by atoms with E-state index in [0.29, 0.717) is 24.9 Å². The Hall–Kier alpha value is -4.32. The van der Waals surface area contributed by atoms with Crippen LogP contribution in [0.15, 0.2) is 85.0 Å². The van der Waals surface area contributed by atoms with Gasteiger partial charge in [0.05, 0.1) is 37.3 Å². The molecular formula is C40H49N3O8. The molecule has 11 nitrogen and oxygen atoms in total. The van der Waals surface area contributed by atoms with Crippen molar-refractivity contribution in [3.63, 3.8) is 0 Å². The lowest BCUT2D eigenvalue weighted by molar-refractivity contribution is -0.163. The fraction of sp³-hybridized carbons (Fsp3) is 0.500. The van der Waals surface area contributed by atoms with Crippen LogP contribution in [0.1, 0.15) is 56.3 Å². The monoisotopic (exact) mass is 699 g/mol. The summed E-state index contributed by atoms with van der Waals surface area (Å²) in [5.74, 6) is -3.76. The zero-order valence-electron chi connectivity index (χ0n) is 29.4. The number of fused-ring (bicyclic) bond motifs is 2. The van der Waals surface area contributed by atoms with Gasteiger partial charge in [0.15, 0.2) is 0 Å². The molecular weight excluding hydrogens is 650 g/mol. The lowest BCUT2D eigenvalue weighted by atomic mass is 9.74. The molecule has 0 aliphatic carbocycles. The second-order valence-corrected chi connectivity index (χ2v) is 13.9. The molecule has 4 aliphatic heterocycles. The number of rotatable bonds is 11. The lowest BCUT2D eigenvalue weighted by Crippen LogP contribution is -2.59. The van der Waals surface area contributed by atoms with E-state index in [1.807, 2.05) is 72.8 Å². The molecule has 2 fully saturated rings. The average molecular weight is 700 g/mol. The highest BCUT2D eigenvalue weighted by Gasteiger charge is 2.74. The van der Waals surface area contributed by atoms with Crippen LogP contribution in [0.5, 0.6) is 0 Å². The van der Waals surface area contributed by atoms with Gasteiger partial charge in [-0.05, 0) is 30.4 Å². The number of cyclic esters (lactones) is 1. The number of ether oxygens (including phenoxy) is 3. The third-order valence-corrected chi connectivity index (χ3v) is 10.5. The van der Waals surface area contributed by atoms with Crippen LogP contribution in [0.25, 0.3) is 0 Å². The number of nitrogens with zero attached hydrogens (tertiary/aromatic N) is 2. The van der Waals surface area contributed by atoms with Crippen LogP contribution in [0, 0.1) is 11.8 Å². The number of amides is 3. The minimum absolute atomic E-state index is 0.0694. The zero-order valence-corrected chi connectivity index (χ0v) is 29.4. The van der Waals surface area contributed by atoms with Gasteiger partial charge in [-0.3, -0.25) is 19.2 Å². The Bertz CT molecular complexity index is 1600. The summed E-state index contributed by atoms with van der Waals surface area (Å²) in [4.78, 5) is 60.7. The van der Waals surface area contributed by atoms with Gasteiger partial charge < -0.3 is 34.4 Å². The molecule has 2 N–H and O–H groups in total. The van der Waals surface area contributed by atoms with Crippen LogP contribution in [0.4, 0.5) is 0 Å². The number of aliphatic hydroxyl groups is 1. The normalized spacial score (nSPS) is 30.6. The van der Waals surface area contributed by atoms with Crippen molar-refractivity contribution in [1.82, 2.24) is 15.1 Å². The molecule has 6 rings (SSSR count).